The number of aromatic nitrogens is 1. The maximum atomic E-state index is 5.84. The lowest BCUT2D eigenvalue weighted by atomic mass is 10.1. The summed E-state index contributed by atoms with van der Waals surface area (Å²) in [6, 6.07) is 7.97. The lowest BCUT2D eigenvalue weighted by Gasteiger charge is -2.12. The van der Waals surface area contributed by atoms with Crippen molar-refractivity contribution in [3.05, 3.63) is 52.7 Å². The van der Waals surface area contributed by atoms with Gasteiger partial charge in [-0.15, -0.1) is 0 Å². The van der Waals surface area contributed by atoms with Gasteiger partial charge in [0.25, 0.3) is 0 Å². The summed E-state index contributed by atoms with van der Waals surface area (Å²) in [6.45, 7) is 6.60. The van der Waals surface area contributed by atoms with Crippen molar-refractivity contribution in [1.29, 1.82) is 0 Å². The standard InChI is InChI=1S/C15H18N2O/c1-10-4-5-14(17-9-10)18-15-11(2)6-13(8-16)7-12(15)3/h4-7,9H,8,16H2,1-3H3. The average molecular weight is 242 g/mol. The van der Waals surface area contributed by atoms with Gasteiger partial charge in [0, 0.05) is 18.8 Å². The smallest absolute Gasteiger partial charge is 0.219 e. The van der Waals surface area contributed by atoms with Gasteiger partial charge in [0.1, 0.15) is 5.75 Å². The summed E-state index contributed by atoms with van der Waals surface area (Å²) in [5, 5.41) is 0. The first-order chi connectivity index (χ1) is 8.60. The highest BCUT2D eigenvalue weighted by Gasteiger charge is 2.07. The van der Waals surface area contributed by atoms with Crippen LogP contribution in [-0.2, 0) is 6.54 Å². The highest BCUT2D eigenvalue weighted by Crippen LogP contribution is 2.28. The van der Waals surface area contributed by atoms with Gasteiger partial charge in [-0.2, -0.15) is 0 Å². The van der Waals surface area contributed by atoms with Crippen LogP contribution in [0.3, 0.4) is 0 Å². The van der Waals surface area contributed by atoms with E-state index in [9.17, 15) is 0 Å². The van der Waals surface area contributed by atoms with Gasteiger partial charge in [-0.25, -0.2) is 4.98 Å². The molecular formula is C15H18N2O. The minimum atomic E-state index is 0.546. The van der Waals surface area contributed by atoms with Gasteiger partial charge in [0.05, 0.1) is 0 Å². The molecule has 0 aliphatic rings. The zero-order valence-electron chi connectivity index (χ0n) is 11.0. The van der Waals surface area contributed by atoms with Crippen molar-refractivity contribution in [2.45, 2.75) is 27.3 Å². The van der Waals surface area contributed by atoms with Crippen LogP contribution in [0.5, 0.6) is 11.6 Å². The molecule has 3 nitrogen and oxygen atoms in total. The van der Waals surface area contributed by atoms with E-state index in [0.29, 0.717) is 12.4 Å². The van der Waals surface area contributed by atoms with Crippen LogP contribution in [0.4, 0.5) is 0 Å². The van der Waals surface area contributed by atoms with Gasteiger partial charge in [0.2, 0.25) is 5.88 Å². The van der Waals surface area contributed by atoms with Crippen LogP contribution >= 0.6 is 0 Å². The number of ether oxygens (including phenoxy) is 1. The highest BCUT2D eigenvalue weighted by atomic mass is 16.5. The Morgan fingerprint density at radius 1 is 1.11 bits per heavy atom. The van der Waals surface area contributed by atoms with E-state index >= 15 is 0 Å². The molecule has 0 fully saturated rings. The Labute approximate surface area is 108 Å². The third-order valence-electron chi connectivity index (χ3n) is 2.85. The van der Waals surface area contributed by atoms with E-state index in [1.807, 2.05) is 32.9 Å². The summed E-state index contributed by atoms with van der Waals surface area (Å²) < 4.78 is 5.84. The van der Waals surface area contributed by atoms with E-state index in [2.05, 4.69) is 17.1 Å². The fourth-order valence-electron chi connectivity index (χ4n) is 1.94. The predicted molar refractivity (Wildman–Crippen MR) is 72.9 cm³/mol. The molecule has 2 aromatic rings. The van der Waals surface area contributed by atoms with Crippen LogP contribution in [0.25, 0.3) is 0 Å². The molecular weight excluding hydrogens is 224 g/mol. The first kappa shape index (κ1) is 12.6. The second-order valence-corrected chi connectivity index (χ2v) is 4.54. The molecule has 0 amide bonds. The Balaban J connectivity index is 2.31. The maximum Gasteiger partial charge on any atom is 0.219 e. The summed E-state index contributed by atoms with van der Waals surface area (Å²) in [5.41, 5.74) is 10.1. The van der Waals surface area contributed by atoms with Crippen molar-refractivity contribution in [3.8, 4) is 11.6 Å². The third-order valence-corrected chi connectivity index (χ3v) is 2.85. The first-order valence-corrected chi connectivity index (χ1v) is 6.01. The molecule has 94 valence electrons. The molecule has 1 aromatic carbocycles. The number of hydrogen-bond acceptors (Lipinski definition) is 3. The quantitative estimate of drug-likeness (QED) is 0.898. The fraction of sp³-hybridized carbons (Fsp3) is 0.267. The minimum absolute atomic E-state index is 0.546. The summed E-state index contributed by atoms with van der Waals surface area (Å²) in [4.78, 5) is 4.25. The van der Waals surface area contributed by atoms with Gasteiger partial charge in [0.15, 0.2) is 0 Å². The fourth-order valence-corrected chi connectivity index (χ4v) is 1.94. The van der Waals surface area contributed by atoms with E-state index in [4.69, 9.17) is 10.5 Å². The van der Waals surface area contributed by atoms with Crippen molar-refractivity contribution in [2.75, 3.05) is 0 Å². The predicted octanol–water partition coefficient (Wildman–Crippen LogP) is 3.26. The number of nitrogens with zero attached hydrogens (tertiary/aromatic N) is 1. The molecule has 0 radical (unpaired) electrons. The SMILES string of the molecule is Cc1ccc(Oc2c(C)cc(CN)cc2C)nc1. The summed E-state index contributed by atoms with van der Waals surface area (Å²) in [7, 11) is 0. The van der Waals surface area contributed by atoms with Crippen LogP contribution in [0.1, 0.15) is 22.3 Å². The van der Waals surface area contributed by atoms with Gasteiger partial charge in [-0.1, -0.05) is 18.2 Å². The normalized spacial score (nSPS) is 10.4. The van der Waals surface area contributed by atoms with Crippen LogP contribution < -0.4 is 10.5 Å². The Bertz CT molecular complexity index is 524. The molecule has 3 heteroatoms. The number of rotatable bonds is 3. The Kier molecular flexibility index (Phi) is 3.63. The molecule has 0 aliphatic heterocycles. The average Bonchev–Trinajstić information content (AvgIpc) is 2.35. The van der Waals surface area contributed by atoms with Crippen LogP contribution in [0.15, 0.2) is 30.5 Å². The molecule has 2 rings (SSSR count). The molecule has 0 bridgehead atoms. The first-order valence-electron chi connectivity index (χ1n) is 6.01. The Morgan fingerprint density at radius 3 is 2.28 bits per heavy atom. The second-order valence-electron chi connectivity index (χ2n) is 4.54. The molecule has 0 spiro atoms. The lowest BCUT2D eigenvalue weighted by Crippen LogP contribution is -2.00. The van der Waals surface area contributed by atoms with E-state index in [-0.39, 0.29) is 0 Å². The second kappa shape index (κ2) is 5.19. The van der Waals surface area contributed by atoms with Gasteiger partial charge < -0.3 is 10.5 Å². The van der Waals surface area contributed by atoms with Crippen molar-refractivity contribution in [2.24, 2.45) is 5.73 Å². The van der Waals surface area contributed by atoms with Crippen molar-refractivity contribution < 1.29 is 4.74 Å². The summed E-state index contributed by atoms with van der Waals surface area (Å²) in [6.07, 6.45) is 1.80. The van der Waals surface area contributed by atoms with Crippen LogP contribution in [0.2, 0.25) is 0 Å². The van der Waals surface area contributed by atoms with Gasteiger partial charge >= 0.3 is 0 Å². The van der Waals surface area contributed by atoms with Gasteiger partial charge in [-0.05, 0) is 43.0 Å². The Morgan fingerprint density at radius 2 is 1.78 bits per heavy atom. The maximum absolute atomic E-state index is 5.84. The Hall–Kier alpha value is -1.87. The molecule has 1 heterocycles. The third kappa shape index (κ3) is 2.68. The summed E-state index contributed by atoms with van der Waals surface area (Å²) in [5.74, 6) is 1.48. The molecule has 2 N–H and O–H groups in total. The zero-order valence-corrected chi connectivity index (χ0v) is 11.0. The lowest BCUT2D eigenvalue weighted by molar-refractivity contribution is 0.455. The molecule has 18 heavy (non-hydrogen) atoms. The molecule has 0 atom stereocenters. The summed E-state index contributed by atoms with van der Waals surface area (Å²) >= 11 is 0. The van der Waals surface area contributed by atoms with Crippen molar-refractivity contribution >= 4 is 0 Å². The molecule has 1 aromatic heterocycles. The molecule has 0 unspecified atom stereocenters. The van der Waals surface area contributed by atoms with E-state index in [1.54, 1.807) is 6.20 Å². The number of benzene rings is 1. The molecule has 0 saturated heterocycles. The number of hydrogen-bond donors (Lipinski definition) is 1. The zero-order chi connectivity index (χ0) is 13.1. The van der Waals surface area contributed by atoms with E-state index < -0.39 is 0 Å². The topological polar surface area (TPSA) is 48.1 Å². The molecule has 0 aliphatic carbocycles. The highest BCUT2D eigenvalue weighted by molar-refractivity contribution is 5.45. The van der Waals surface area contributed by atoms with Gasteiger partial charge in [-0.3, -0.25) is 0 Å². The van der Waals surface area contributed by atoms with Crippen molar-refractivity contribution in [1.82, 2.24) is 4.98 Å². The van der Waals surface area contributed by atoms with E-state index in [1.165, 1.54) is 0 Å². The van der Waals surface area contributed by atoms with Crippen LogP contribution in [0, 0.1) is 20.8 Å². The van der Waals surface area contributed by atoms with Crippen LogP contribution in [-0.4, -0.2) is 4.98 Å². The molecule has 0 saturated carbocycles. The minimum Gasteiger partial charge on any atom is -0.438 e. The van der Waals surface area contributed by atoms with Crippen molar-refractivity contribution in [3.63, 3.8) is 0 Å². The largest absolute Gasteiger partial charge is 0.438 e. The number of pyridine rings is 1. The number of nitrogens with two attached hydrogens (primary N) is 1. The van der Waals surface area contributed by atoms with E-state index in [0.717, 1.165) is 28.0 Å². The number of aryl methyl sites for hydroxylation is 3. The monoisotopic (exact) mass is 242 g/mol.